The van der Waals surface area contributed by atoms with Gasteiger partial charge in [0.15, 0.2) is 0 Å². The van der Waals surface area contributed by atoms with Crippen molar-refractivity contribution in [2.45, 2.75) is 9.78 Å². The van der Waals surface area contributed by atoms with Crippen LogP contribution in [-0.4, -0.2) is 14.2 Å². The molecule has 0 aromatic heterocycles. The minimum atomic E-state index is 0.109. The molecule has 0 amide bonds. The van der Waals surface area contributed by atoms with Gasteiger partial charge in [0.25, 0.3) is 0 Å². The Balaban J connectivity index is 2.21. The molecule has 4 fully saturated rings. The van der Waals surface area contributed by atoms with E-state index in [1.165, 1.54) is 9.78 Å². The number of hydrogen-bond donors (Lipinski definition) is 0. The van der Waals surface area contributed by atoms with E-state index in [1.54, 1.807) is 4.43 Å². The Labute approximate surface area is 54.7 Å². The molecule has 0 spiro atoms. The van der Waals surface area contributed by atoms with Crippen molar-refractivity contribution in [1.82, 2.24) is 0 Å². The van der Waals surface area contributed by atoms with Gasteiger partial charge in [-0.2, -0.15) is 0 Å². The van der Waals surface area contributed by atoms with Gasteiger partial charge in [0.05, 0.1) is 0 Å². The zero-order valence-corrected chi connectivity index (χ0v) is 7.51. The van der Waals surface area contributed by atoms with Crippen molar-refractivity contribution in [1.29, 1.82) is 0 Å². The molecule has 6 heavy (non-hydrogen) atoms. The molecule has 3 unspecified atom stereocenters. The summed E-state index contributed by atoms with van der Waals surface area (Å²) in [5.41, 5.74) is 0. The molecule has 4 aliphatic heterocycles. The van der Waals surface area contributed by atoms with E-state index < -0.39 is 0 Å². The first-order chi connectivity index (χ1) is 2.98. The van der Waals surface area contributed by atoms with Gasteiger partial charge in [0.1, 0.15) is 0 Å². The Kier molecular flexibility index (Phi) is 0.467. The van der Waals surface area contributed by atoms with Crippen LogP contribution < -0.4 is 21.2 Å². The molecule has 2 bridgehead atoms. The third kappa shape index (κ3) is 0.215. The molecule has 36 valence electrons. The van der Waals surface area contributed by atoms with Crippen molar-refractivity contribution >= 4 is 19.8 Å². The van der Waals surface area contributed by atoms with Crippen molar-refractivity contribution in [3.8, 4) is 0 Å². The van der Waals surface area contributed by atoms with Gasteiger partial charge in [-0.15, -0.1) is 0 Å². The normalized spacial score (nSPS) is 75.3. The number of alkyl halides is 5. The van der Waals surface area contributed by atoms with Crippen LogP contribution in [0.5, 0.6) is 0 Å². The topological polar surface area (TPSA) is 0 Å². The second kappa shape index (κ2) is 0.806. The van der Waals surface area contributed by atoms with Gasteiger partial charge < -0.3 is 0 Å². The SMILES string of the molecule is C1[I-]C2C3C1I23. The zero-order valence-electron chi connectivity index (χ0n) is 3.20. The molecule has 4 heterocycles. The van der Waals surface area contributed by atoms with Gasteiger partial charge in [-0.3, -0.25) is 0 Å². The Morgan fingerprint density at radius 1 is 1.67 bits per heavy atom. The Morgan fingerprint density at radius 2 is 2.50 bits per heavy atom. The summed E-state index contributed by atoms with van der Waals surface area (Å²) in [7, 11) is 0. The summed E-state index contributed by atoms with van der Waals surface area (Å²) in [5, 5.41) is 0. The molecule has 0 saturated carbocycles. The maximum absolute atomic E-state index is 1.78. The Bertz CT molecular complexity index is 78.1. The molecule has 0 aromatic rings. The van der Waals surface area contributed by atoms with Crippen molar-refractivity contribution in [2.75, 3.05) is 4.43 Å². The van der Waals surface area contributed by atoms with Crippen molar-refractivity contribution in [2.24, 2.45) is 0 Å². The average molecular weight is 307 g/mol. The first-order valence-corrected chi connectivity index (χ1v) is 8.72. The van der Waals surface area contributed by atoms with E-state index in [0.717, 1.165) is 21.2 Å². The second-order valence-electron chi connectivity index (χ2n) is 1.98. The average Bonchev–Trinajstić information content (AvgIpc) is 2.30. The molecule has 0 radical (unpaired) electrons. The zero-order chi connectivity index (χ0) is 3.72. The monoisotopic (exact) mass is 307 g/mol. The third-order valence-electron chi connectivity index (χ3n) is 1.69. The van der Waals surface area contributed by atoms with Crippen LogP contribution in [0.2, 0.25) is 0 Å². The fourth-order valence-electron chi connectivity index (χ4n) is 1.17. The minimum absolute atomic E-state index is 0.109. The van der Waals surface area contributed by atoms with E-state index in [2.05, 4.69) is 0 Å². The fraction of sp³-hybridized carbons (Fsp3) is 1.00. The van der Waals surface area contributed by atoms with E-state index in [0.29, 0.717) is 0 Å². The number of fused-ring (bicyclic) bond motifs is 1. The predicted octanol–water partition coefficient (Wildman–Crippen LogP) is -2.31. The quantitative estimate of drug-likeness (QED) is 0.348. The second-order valence-corrected chi connectivity index (χ2v) is 14.0. The van der Waals surface area contributed by atoms with Crippen LogP contribution in [0.4, 0.5) is 0 Å². The van der Waals surface area contributed by atoms with Crippen LogP contribution in [0.3, 0.4) is 0 Å². The summed E-state index contributed by atoms with van der Waals surface area (Å²) in [4.78, 5) is 0. The molecule has 3 atom stereocenters. The van der Waals surface area contributed by atoms with Crippen LogP contribution in [0, 0.1) is 0 Å². The van der Waals surface area contributed by atoms with Crippen LogP contribution in [0.25, 0.3) is 0 Å². The molecule has 0 N–H and O–H groups in total. The molecule has 4 rings (SSSR count). The maximum atomic E-state index is 1.78. The molecular formula is C4H5I2-. The van der Waals surface area contributed by atoms with Gasteiger partial charge in [-0.25, -0.2) is 0 Å². The van der Waals surface area contributed by atoms with Gasteiger partial charge >= 0.3 is 55.2 Å². The molecule has 2 heteroatoms. The van der Waals surface area contributed by atoms with E-state index in [4.69, 9.17) is 0 Å². The third-order valence-corrected chi connectivity index (χ3v) is 20.5. The summed E-state index contributed by atoms with van der Waals surface area (Å²) in [5.74, 6) is 0. The van der Waals surface area contributed by atoms with E-state index in [1.807, 2.05) is 0 Å². The summed E-state index contributed by atoms with van der Waals surface area (Å²) in [6.07, 6.45) is 0. The van der Waals surface area contributed by atoms with Crippen LogP contribution in [-0.2, 0) is 0 Å². The standard InChI is InChI=1S/C4H5I2/c1-2-3-4(5-1)6(2)3/h2-4H,1H2/q-1. The van der Waals surface area contributed by atoms with Crippen LogP contribution in [0.1, 0.15) is 0 Å². The van der Waals surface area contributed by atoms with E-state index in [-0.39, 0.29) is 19.8 Å². The van der Waals surface area contributed by atoms with Gasteiger partial charge in [-0.05, 0) is 0 Å². The Hall–Kier alpha value is 1.46. The van der Waals surface area contributed by atoms with Gasteiger partial charge in [0.2, 0.25) is 0 Å². The van der Waals surface area contributed by atoms with E-state index >= 15 is 0 Å². The molecule has 4 aliphatic rings. The number of rotatable bonds is 0. The molecule has 0 aromatic carbocycles. The first-order valence-electron chi connectivity index (χ1n) is 2.22. The van der Waals surface area contributed by atoms with E-state index in [9.17, 15) is 0 Å². The summed E-state index contributed by atoms with van der Waals surface area (Å²) < 4.78 is 6.30. The summed E-state index contributed by atoms with van der Waals surface area (Å²) in [6, 6.07) is 0. The summed E-state index contributed by atoms with van der Waals surface area (Å²) in [6.45, 7) is 0. The Morgan fingerprint density at radius 3 is 2.67 bits per heavy atom. The fourth-order valence-corrected chi connectivity index (χ4v) is 26.8. The number of halogens is 2. The van der Waals surface area contributed by atoms with Crippen molar-refractivity contribution in [3.63, 3.8) is 0 Å². The van der Waals surface area contributed by atoms with Crippen LogP contribution >= 0.6 is 19.8 Å². The van der Waals surface area contributed by atoms with Crippen LogP contribution in [0.15, 0.2) is 0 Å². The molecular weight excluding hydrogens is 302 g/mol. The summed E-state index contributed by atoms with van der Waals surface area (Å²) >= 11 is 0.969. The van der Waals surface area contributed by atoms with Crippen molar-refractivity contribution in [3.05, 3.63) is 0 Å². The van der Waals surface area contributed by atoms with Crippen molar-refractivity contribution < 1.29 is 21.2 Å². The molecule has 0 nitrogen and oxygen atoms in total. The molecule has 0 aliphatic carbocycles. The van der Waals surface area contributed by atoms with Gasteiger partial charge in [0, 0.05) is 0 Å². The first kappa shape index (κ1) is 3.48. The predicted molar refractivity (Wildman–Crippen MR) is 30.3 cm³/mol. The molecule has 4 saturated heterocycles. The van der Waals surface area contributed by atoms with Gasteiger partial charge in [-0.1, -0.05) is 0 Å². The number of hydrogen-bond acceptors (Lipinski definition) is 0.